The van der Waals surface area contributed by atoms with Gasteiger partial charge >= 0.3 is 6.18 Å². The van der Waals surface area contributed by atoms with Gasteiger partial charge in [-0.25, -0.2) is 16.8 Å². The van der Waals surface area contributed by atoms with Crippen LogP contribution in [0.1, 0.15) is 73.4 Å². The van der Waals surface area contributed by atoms with Gasteiger partial charge in [-0.05, 0) is 92.9 Å². The SMILES string of the molecule is Cc1ccc(S(=O)(=O)n2c(CN3CCC[C@H](C)C3)cc3c2CN(c2cc(F)cc(C4(c5nncn5C)CC(C)C4)c2)C=C3C(F)(F)F)cc1. The van der Waals surface area contributed by atoms with Crippen molar-refractivity contribution in [2.24, 2.45) is 18.9 Å². The molecule has 1 aliphatic carbocycles. The number of aromatic nitrogens is 4. The maximum Gasteiger partial charge on any atom is 0.418 e. The van der Waals surface area contributed by atoms with Crippen molar-refractivity contribution >= 4 is 21.3 Å². The summed E-state index contributed by atoms with van der Waals surface area (Å²) >= 11 is 0. The van der Waals surface area contributed by atoms with Crippen molar-refractivity contribution in [3.8, 4) is 0 Å². The molecule has 4 aromatic rings. The summed E-state index contributed by atoms with van der Waals surface area (Å²) in [6.45, 7) is 7.44. The first-order valence-electron chi connectivity index (χ1n) is 16.7. The van der Waals surface area contributed by atoms with E-state index in [0.29, 0.717) is 42.6 Å². The minimum atomic E-state index is -4.82. The summed E-state index contributed by atoms with van der Waals surface area (Å²) in [4.78, 5) is 3.41. The zero-order valence-corrected chi connectivity index (χ0v) is 28.8. The molecule has 7 rings (SSSR count). The third-order valence-corrected chi connectivity index (χ3v) is 12.1. The van der Waals surface area contributed by atoms with Crippen molar-refractivity contribution in [3.63, 3.8) is 0 Å². The number of benzene rings is 2. The lowest BCUT2D eigenvalue weighted by molar-refractivity contribution is -0.0692. The quantitative estimate of drug-likeness (QED) is 0.191. The average Bonchev–Trinajstić information content (AvgIpc) is 3.61. The van der Waals surface area contributed by atoms with Crippen molar-refractivity contribution in [1.29, 1.82) is 0 Å². The van der Waals surface area contributed by atoms with Gasteiger partial charge in [0.2, 0.25) is 0 Å². The molecule has 0 spiro atoms. The number of halogens is 4. The predicted octanol–water partition coefficient (Wildman–Crippen LogP) is 7.17. The molecule has 0 radical (unpaired) electrons. The van der Waals surface area contributed by atoms with Gasteiger partial charge in [-0.3, -0.25) is 4.90 Å². The molecule has 13 heteroatoms. The van der Waals surface area contributed by atoms with Crippen LogP contribution in [-0.4, -0.2) is 51.3 Å². The van der Waals surface area contributed by atoms with Gasteiger partial charge < -0.3 is 9.47 Å². The van der Waals surface area contributed by atoms with Gasteiger partial charge in [0.25, 0.3) is 10.0 Å². The highest BCUT2D eigenvalue weighted by Crippen LogP contribution is 2.52. The second-order valence-electron chi connectivity index (χ2n) is 14.3. The lowest BCUT2D eigenvalue weighted by atomic mass is 9.58. The lowest BCUT2D eigenvalue weighted by Crippen LogP contribution is -2.43. The molecule has 8 nitrogen and oxygen atoms in total. The number of nitrogens with zero attached hydrogens (tertiary/aromatic N) is 6. The van der Waals surface area contributed by atoms with E-state index < -0.39 is 33.0 Å². The molecule has 4 heterocycles. The van der Waals surface area contributed by atoms with Crippen molar-refractivity contribution in [3.05, 3.63) is 101 Å². The minimum absolute atomic E-state index is 0.0125. The van der Waals surface area contributed by atoms with Crippen molar-refractivity contribution in [1.82, 2.24) is 23.6 Å². The van der Waals surface area contributed by atoms with E-state index in [0.717, 1.165) is 35.1 Å². The van der Waals surface area contributed by atoms with E-state index in [2.05, 4.69) is 28.9 Å². The Bertz CT molecular complexity index is 2030. The molecule has 260 valence electrons. The number of piperidine rings is 1. The summed E-state index contributed by atoms with van der Waals surface area (Å²) in [6.07, 6.45) is 1.05. The normalized spacial score (nSPS) is 23.3. The number of hydrogen-bond donors (Lipinski definition) is 0. The monoisotopic (exact) mass is 696 g/mol. The Kier molecular flexibility index (Phi) is 8.29. The number of hydrogen-bond acceptors (Lipinski definition) is 6. The average molecular weight is 697 g/mol. The Morgan fingerprint density at radius 2 is 1.76 bits per heavy atom. The van der Waals surface area contributed by atoms with Crippen LogP contribution in [0.15, 0.2) is 66.0 Å². The fraction of sp³-hybridized carbons (Fsp3) is 0.444. The summed E-state index contributed by atoms with van der Waals surface area (Å²) in [6, 6.07) is 12.0. The van der Waals surface area contributed by atoms with E-state index in [-0.39, 0.29) is 40.6 Å². The molecule has 2 fully saturated rings. The summed E-state index contributed by atoms with van der Waals surface area (Å²) in [7, 11) is -2.51. The topological polar surface area (TPSA) is 76.3 Å². The van der Waals surface area contributed by atoms with E-state index in [9.17, 15) is 21.6 Å². The minimum Gasteiger partial charge on any atom is -0.341 e. The third kappa shape index (κ3) is 5.98. The van der Waals surface area contributed by atoms with E-state index in [4.69, 9.17) is 0 Å². The fourth-order valence-corrected chi connectivity index (χ4v) is 9.65. The third-order valence-electron chi connectivity index (χ3n) is 10.3. The maximum atomic E-state index is 15.5. The van der Waals surface area contributed by atoms with Crippen LogP contribution >= 0.6 is 0 Å². The molecule has 1 saturated heterocycles. The number of rotatable bonds is 7. The lowest BCUT2D eigenvalue weighted by Gasteiger charge is -2.46. The number of allylic oxidation sites excluding steroid dienone is 1. The first-order chi connectivity index (χ1) is 23.2. The number of anilines is 1. The Balaban J connectivity index is 1.38. The molecule has 0 unspecified atom stereocenters. The van der Waals surface area contributed by atoms with Crippen LogP contribution in [0.25, 0.3) is 5.57 Å². The van der Waals surface area contributed by atoms with Crippen molar-refractivity contribution in [2.75, 3.05) is 18.0 Å². The van der Waals surface area contributed by atoms with E-state index in [1.165, 1.54) is 35.2 Å². The van der Waals surface area contributed by atoms with E-state index in [1.54, 1.807) is 29.1 Å². The number of alkyl halides is 3. The highest BCUT2D eigenvalue weighted by Gasteiger charge is 2.49. The highest BCUT2D eigenvalue weighted by atomic mass is 32.2. The van der Waals surface area contributed by atoms with Crippen LogP contribution in [0, 0.1) is 24.6 Å². The molecule has 1 saturated carbocycles. The van der Waals surface area contributed by atoms with Crippen LogP contribution < -0.4 is 4.90 Å². The van der Waals surface area contributed by atoms with Gasteiger partial charge in [0.1, 0.15) is 18.0 Å². The van der Waals surface area contributed by atoms with E-state index in [1.807, 2.05) is 14.0 Å². The Morgan fingerprint density at radius 1 is 1.02 bits per heavy atom. The van der Waals surface area contributed by atoms with Gasteiger partial charge in [-0.1, -0.05) is 31.5 Å². The number of fused-ring (bicyclic) bond motifs is 1. The summed E-state index contributed by atoms with van der Waals surface area (Å²) in [5.41, 5.74) is 0.0642. The first kappa shape index (κ1) is 33.5. The van der Waals surface area contributed by atoms with Gasteiger partial charge in [0.05, 0.1) is 28.1 Å². The van der Waals surface area contributed by atoms with Gasteiger partial charge in [0, 0.05) is 43.3 Å². The molecule has 2 aliphatic heterocycles. The zero-order chi connectivity index (χ0) is 34.9. The molecule has 0 bridgehead atoms. The predicted molar refractivity (Wildman–Crippen MR) is 179 cm³/mol. The summed E-state index contributed by atoms with van der Waals surface area (Å²) in [5, 5.41) is 8.38. The molecule has 0 amide bonds. The van der Waals surface area contributed by atoms with Crippen molar-refractivity contribution < 1.29 is 26.0 Å². The van der Waals surface area contributed by atoms with Crippen LogP contribution in [-0.2, 0) is 35.6 Å². The number of likely N-dealkylation sites (tertiary alicyclic amines) is 1. The standard InChI is InChI=1S/C36H40F4N6O2S/c1-23-7-9-30(10-8-23)49(47,48)46-29(19-44-11-5-6-24(2)18-44)15-31-32(36(38,39)40)20-45(21-33(31)46)28-13-26(12-27(37)14-28)35(16-25(3)17-35)34-42-41-22-43(34)4/h7-10,12-15,20,22,24-25H,5-6,11,16-19,21H2,1-4H3/t24-,25?,35?/m0/s1. The Morgan fingerprint density at radius 3 is 2.39 bits per heavy atom. The molecule has 2 aromatic heterocycles. The first-order valence-corrected chi connectivity index (χ1v) is 18.1. The second-order valence-corrected chi connectivity index (χ2v) is 16.1. The van der Waals surface area contributed by atoms with E-state index >= 15 is 4.39 Å². The molecule has 2 aromatic carbocycles. The summed E-state index contributed by atoms with van der Waals surface area (Å²) < 4.78 is 92.2. The second kappa shape index (κ2) is 12.1. The molecule has 1 atom stereocenters. The molecular weight excluding hydrogens is 656 g/mol. The highest BCUT2D eigenvalue weighted by molar-refractivity contribution is 7.90. The molecule has 0 N–H and O–H groups in total. The fourth-order valence-electron chi connectivity index (χ4n) is 8.09. The number of aryl methyl sites for hydroxylation is 2. The molecule has 3 aliphatic rings. The summed E-state index contributed by atoms with van der Waals surface area (Å²) in [5.74, 6) is 0.759. The van der Waals surface area contributed by atoms with Gasteiger partial charge in [-0.15, -0.1) is 10.2 Å². The largest absolute Gasteiger partial charge is 0.418 e. The maximum absolute atomic E-state index is 15.5. The van der Waals surface area contributed by atoms with Crippen molar-refractivity contribution in [2.45, 2.75) is 76.0 Å². The van der Waals surface area contributed by atoms with Crippen LogP contribution in [0.4, 0.5) is 23.2 Å². The zero-order valence-electron chi connectivity index (χ0n) is 28.0. The van der Waals surface area contributed by atoms with Gasteiger partial charge in [-0.2, -0.15) is 13.2 Å². The molecule has 49 heavy (non-hydrogen) atoms. The van der Waals surface area contributed by atoms with Crippen LogP contribution in [0.2, 0.25) is 0 Å². The Hall–Kier alpha value is -3.97. The van der Waals surface area contributed by atoms with Crippen LogP contribution in [0.5, 0.6) is 0 Å². The molecular formula is C36H40F4N6O2S. The van der Waals surface area contributed by atoms with Gasteiger partial charge in [0.15, 0.2) is 0 Å². The smallest absolute Gasteiger partial charge is 0.341 e. The van der Waals surface area contributed by atoms with Crippen LogP contribution in [0.3, 0.4) is 0 Å². The Labute approximate surface area is 284 Å².